The van der Waals surface area contributed by atoms with Crippen molar-refractivity contribution >= 4 is 5.69 Å². The smallest absolute Gasteiger partial charge is 0.0647 e. The minimum absolute atomic E-state index is 0.110. The zero-order chi connectivity index (χ0) is 13.0. The quantitative estimate of drug-likeness (QED) is 0.850. The maximum Gasteiger partial charge on any atom is 0.0647 e. The Kier molecular flexibility index (Phi) is 3.67. The number of hydrogen-bond donors (Lipinski definition) is 2. The van der Waals surface area contributed by atoms with Crippen LogP contribution in [0.4, 0.5) is 5.69 Å². The Labute approximate surface area is 107 Å². The van der Waals surface area contributed by atoms with E-state index < -0.39 is 0 Å². The van der Waals surface area contributed by atoms with Crippen LogP contribution < -0.4 is 5.32 Å². The second kappa shape index (κ2) is 5.23. The number of nitrogens with zero attached hydrogens (tertiary/aromatic N) is 2. The van der Waals surface area contributed by atoms with Gasteiger partial charge in [0.25, 0.3) is 0 Å². The van der Waals surface area contributed by atoms with Gasteiger partial charge in [0, 0.05) is 36.6 Å². The third-order valence-electron chi connectivity index (χ3n) is 2.84. The molecule has 4 heteroatoms. The highest BCUT2D eigenvalue weighted by atomic mass is 16.3. The van der Waals surface area contributed by atoms with E-state index in [1.54, 1.807) is 6.20 Å². The van der Waals surface area contributed by atoms with E-state index in [1.807, 2.05) is 55.1 Å². The number of anilines is 1. The fraction of sp³-hybridized carbons (Fsp3) is 0.357. The minimum atomic E-state index is -0.110. The van der Waals surface area contributed by atoms with E-state index in [0.29, 0.717) is 0 Å². The van der Waals surface area contributed by atoms with Crippen LogP contribution in [0.15, 0.2) is 42.7 Å². The highest BCUT2D eigenvalue weighted by Gasteiger charge is 2.15. The van der Waals surface area contributed by atoms with Crippen molar-refractivity contribution in [3.63, 3.8) is 0 Å². The Balaban J connectivity index is 2.00. The van der Waals surface area contributed by atoms with Gasteiger partial charge >= 0.3 is 0 Å². The van der Waals surface area contributed by atoms with Crippen molar-refractivity contribution in [3.8, 4) is 5.69 Å². The molecular formula is C14H19N3O. The van der Waals surface area contributed by atoms with Crippen molar-refractivity contribution in [2.24, 2.45) is 5.41 Å². The third kappa shape index (κ3) is 3.11. The Bertz CT molecular complexity index is 474. The van der Waals surface area contributed by atoms with Crippen LogP contribution in [0.5, 0.6) is 0 Å². The number of aromatic nitrogens is 2. The van der Waals surface area contributed by atoms with E-state index in [2.05, 4.69) is 10.4 Å². The SMILES string of the molecule is CC(C)(CO)CNc1ccc(-n2cccn2)cc1. The molecule has 0 atom stereocenters. The van der Waals surface area contributed by atoms with E-state index in [0.717, 1.165) is 17.9 Å². The van der Waals surface area contributed by atoms with E-state index in [-0.39, 0.29) is 12.0 Å². The fourth-order valence-electron chi connectivity index (χ4n) is 1.55. The molecule has 0 bridgehead atoms. The number of hydrogen-bond acceptors (Lipinski definition) is 3. The van der Waals surface area contributed by atoms with Crippen LogP contribution in [-0.2, 0) is 0 Å². The maximum atomic E-state index is 9.19. The van der Waals surface area contributed by atoms with Crippen LogP contribution in [-0.4, -0.2) is 28.0 Å². The Hall–Kier alpha value is -1.81. The van der Waals surface area contributed by atoms with Crippen LogP contribution in [0.2, 0.25) is 0 Å². The molecule has 0 aliphatic rings. The second-order valence-corrected chi connectivity index (χ2v) is 5.17. The molecule has 4 nitrogen and oxygen atoms in total. The van der Waals surface area contributed by atoms with Crippen LogP contribution in [0, 0.1) is 5.41 Å². The van der Waals surface area contributed by atoms with Gasteiger partial charge in [-0.1, -0.05) is 13.8 Å². The first-order valence-electron chi connectivity index (χ1n) is 6.05. The van der Waals surface area contributed by atoms with Crippen LogP contribution in [0.3, 0.4) is 0 Å². The molecule has 0 aliphatic carbocycles. The van der Waals surface area contributed by atoms with Crippen LogP contribution >= 0.6 is 0 Å². The van der Waals surface area contributed by atoms with Crippen molar-refractivity contribution in [3.05, 3.63) is 42.7 Å². The summed E-state index contributed by atoms with van der Waals surface area (Å²) in [6.45, 7) is 4.96. The molecule has 96 valence electrons. The summed E-state index contributed by atoms with van der Waals surface area (Å²) >= 11 is 0. The summed E-state index contributed by atoms with van der Waals surface area (Å²) in [5.74, 6) is 0. The van der Waals surface area contributed by atoms with Gasteiger partial charge in [-0.2, -0.15) is 5.10 Å². The van der Waals surface area contributed by atoms with Crippen molar-refractivity contribution in [1.29, 1.82) is 0 Å². The van der Waals surface area contributed by atoms with Gasteiger partial charge in [0.2, 0.25) is 0 Å². The Morgan fingerprint density at radius 2 is 2.00 bits per heavy atom. The summed E-state index contributed by atoms with van der Waals surface area (Å²) in [6, 6.07) is 9.97. The molecule has 2 aromatic rings. The van der Waals surface area contributed by atoms with Crippen molar-refractivity contribution in [2.75, 3.05) is 18.5 Å². The van der Waals surface area contributed by atoms with Gasteiger partial charge in [-0.05, 0) is 30.3 Å². The average molecular weight is 245 g/mol. The topological polar surface area (TPSA) is 50.1 Å². The first-order chi connectivity index (χ1) is 8.61. The molecule has 0 saturated carbocycles. The highest BCUT2D eigenvalue weighted by Crippen LogP contribution is 2.17. The zero-order valence-electron chi connectivity index (χ0n) is 10.8. The molecule has 0 saturated heterocycles. The van der Waals surface area contributed by atoms with Crippen molar-refractivity contribution < 1.29 is 5.11 Å². The second-order valence-electron chi connectivity index (χ2n) is 5.17. The van der Waals surface area contributed by atoms with Crippen LogP contribution in [0.1, 0.15) is 13.8 Å². The fourth-order valence-corrected chi connectivity index (χ4v) is 1.55. The monoisotopic (exact) mass is 245 g/mol. The Morgan fingerprint density at radius 1 is 1.28 bits per heavy atom. The number of benzene rings is 1. The normalized spacial score (nSPS) is 11.5. The number of nitrogens with one attached hydrogen (secondary N) is 1. The molecule has 2 rings (SSSR count). The van der Waals surface area contributed by atoms with Gasteiger partial charge < -0.3 is 10.4 Å². The number of aliphatic hydroxyl groups is 1. The molecule has 1 heterocycles. The summed E-state index contributed by atoms with van der Waals surface area (Å²) < 4.78 is 1.82. The Morgan fingerprint density at radius 3 is 2.56 bits per heavy atom. The lowest BCUT2D eigenvalue weighted by Crippen LogP contribution is -2.26. The molecule has 18 heavy (non-hydrogen) atoms. The standard InChI is InChI=1S/C14H19N3O/c1-14(2,11-18)10-15-12-4-6-13(7-5-12)17-9-3-8-16-17/h3-9,15,18H,10-11H2,1-2H3. The third-order valence-corrected chi connectivity index (χ3v) is 2.84. The van der Waals surface area contributed by atoms with E-state index in [4.69, 9.17) is 0 Å². The molecule has 1 aromatic carbocycles. The maximum absolute atomic E-state index is 9.19. The minimum Gasteiger partial charge on any atom is -0.396 e. The zero-order valence-corrected chi connectivity index (χ0v) is 10.8. The van der Waals surface area contributed by atoms with E-state index in [9.17, 15) is 5.11 Å². The van der Waals surface area contributed by atoms with Crippen molar-refractivity contribution in [2.45, 2.75) is 13.8 Å². The average Bonchev–Trinajstić information content (AvgIpc) is 2.91. The summed E-state index contributed by atoms with van der Waals surface area (Å²) in [5.41, 5.74) is 1.97. The van der Waals surface area contributed by atoms with Crippen LogP contribution in [0.25, 0.3) is 5.69 Å². The number of rotatable bonds is 5. The summed E-state index contributed by atoms with van der Waals surface area (Å²) in [5, 5.41) is 16.7. The first-order valence-corrected chi connectivity index (χ1v) is 6.05. The van der Waals surface area contributed by atoms with E-state index >= 15 is 0 Å². The molecule has 0 fully saturated rings. The van der Waals surface area contributed by atoms with Gasteiger partial charge in [0.05, 0.1) is 5.69 Å². The molecule has 0 spiro atoms. The highest BCUT2D eigenvalue weighted by molar-refractivity contribution is 5.48. The predicted octanol–water partition coefficient (Wildman–Crippen LogP) is 2.30. The summed E-state index contributed by atoms with van der Waals surface area (Å²) in [4.78, 5) is 0. The number of aliphatic hydroxyl groups excluding tert-OH is 1. The largest absolute Gasteiger partial charge is 0.396 e. The first kappa shape index (κ1) is 12.6. The molecule has 0 unspecified atom stereocenters. The predicted molar refractivity (Wildman–Crippen MR) is 72.9 cm³/mol. The van der Waals surface area contributed by atoms with Gasteiger partial charge in [-0.25, -0.2) is 4.68 Å². The summed E-state index contributed by atoms with van der Waals surface area (Å²) in [6.07, 6.45) is 3.67. The lowest BCUT2D eigenvalue weighted by atomic mass is 9.95. The van der Waals surface area contributed by atoms with Gasteiger partial charge in [-0.15, -0.1) is 0 Å². The molecule has 1 aromatic heterocycles. The van der Waals surface area contributed by atoms with E-state index in [1.165, 1.54) is 0 Å². The lowest BCUT2D eigenvalue weighted by Gasteiger charge is -2.22. The molecule has 0 amide bonds. The van der Waals surface area contributed by atoms with Gasteiger partial charge in [0.15, 0.2) is 0 Å². The molecule has 0 radical (unpaired) electrons. The molecule has 2 N–H and O–H groups in total. The van der Waals surface area contributed by atoms with Crippen molar-refractivity contribution in [1.82, 2.24) is 9.78 Å². The van der Waals surface area contributed by atoms with Gasteiger partial charge in [-0.3, -0.25) is 0 Å². The molecular weight excluding hydrogens is 226 g/mol. The lowest BCUT2D eigenvalue weighted by molar-refractivity contribution is 0.171. The summed E-state index contributed by atoms with van der Waals surface area (Å²) in [7, 11) is 0. The molecule has 0 aliphatic heterocycles. The van der Waals surface area contributed by atoms with Gasteiger partial charge in [0.1, 0.15) is 0 Å².